The van der Waals surface area contributed by atoms with Crippen molar-refractivity contribution in [3.05, 3.63) is 78.0 Å². The summed E-state index contributed by atoms with van der Waals surface area (Å²) in [7, 11) is 1.58. The Morgan fingerprint density at radius 2 is 1.86 bits per heavy atom. The van der Waals surface area contributed by atoms with Crippen LogP contribution in [-0.2, 0) is 4.79 Å². The lowest BCUT2D eigenvalue weighted by Gasteiger charge is -2.34. The minimum Gasteiger partial charge on any atom is -0.495 e. The Kier molecular flexibility index (Phi) is 6.06. The number of methoxy groups -OCH3 is 1. The molecule has 0 unspecified atom stereocenters. The van der Waals surface area contributed by atoms with Crippen molar-refractivity contribution in [1.82, 2.24) is 19.5 Å². The number of piperazine rings is 1. The number of pyridine rings is 2. The van der Waals surface area contributed by atoms with Gasteiger partial charge in [-0.15, -0.1) is 0 Å². The fourth-order valence-electron chi connectivity index (χ4n) is 4.24. The molecule has 8 heteroatoms. The molecule has 1 amide bonds. The molecule has 4 heterocycles. The summed E-state index contributed by atoms with van der Waals surface area (Å²) in [6.45, 7) is 3.83. The summed E-state index contributed by atoms with van der Waals surface area (Å²) in [6, 6.07) is 12.7. The fourth-order valence-corrected chi connectivity index (χ4v) is 4.24. The lowest BCUT2D eigenvalue weighted by atomic mass is 10.1. The van der Waals surface area contributed by atoms with Gasteiger partial charge in [-0.25, -0.2) is 13.9 Å². The summed E-state index contributed by atoms with van der Waals surface area (Å²) in [4.78, 5) is 20.5. The highest BCUT2D eigenvalue weighted by molar-refractivity contribution is 5.94. The van der Waals surface area contributed by atoms with Crippen LogP contribution in [-0.4, -0.2) is 58.7 Å². The van der Waals surface area contributed by atoms with Gasteiger partial charge in [0.15, 0.2) is 11.6 Å². The molecular weight excluding hydrogens is 445 g/mol. The third kappa shape index (κ3) is 4.53. The number of hydrogen-bond donors (Lipinski definition) is 0. The van der Waals surface area contributed by atoms with E-state index in [1.54, 1.807) is 35.1 Å². The van der Waals surface area contributed by atoms with Gasteiger partial charge in [0, 0.05) is 55.0 Å². The fraction of sp³-hybridized carbons (Fsp3) is 0.222. The van der Waals surface area contributed by atoms with Gasteiger partial charge >= 0.3 is 0 Å². The molecule has 1 saturated heterocycles. The first-order valence-corrected chi connectivity index (χ1v) is 11.3. The Labute approximate surface area is 202 Å². The van der Waals surface area contributed by atoms with E-state index in [-0.39, 0.29) is 11.7 Å². The molecule has 4 aromatic rings. The van der Waals surface area contributed by atoms with Gasteiger partial charge in [0.2, 0.25) is 0 Å². The minimum atomic E-state index is -0.413. The van der Waals surface area contributed by atoms with E-state index in [0.717, 1.165) is 22.2 Å². The standard InChI is InChI=1S/C27H24FN5O2/c1-19-16-30-33-18-22(35-2)15-23(26(19)33)21-14-24(28)27(29-17-21)32-12-10-31(11-13-32)25(34)9-8-20-6-4-3-5-7-20/h3-7,14-18H,10-13H2,1-2H3. The zero-order valence-corrected chi connectivity index (χ0v) is 19.5. The molecule has 0 bridgehead atoms. The van der Waals surface area contributed by atoms with E-state index >= 15 is 4.39 Å². The second-order valence-electron chi connectivity index (χ2n) is 8.34. The Bertz CT molecular complexity index is 1450. The van der Waals surface area contributed by atoms with Gasteiger partial charge in [-0.05, 0) is 36.8 Å². The average molecular weight is 470 g/mol. The van der Waals surface area contributed by atoms with E-state index in [1.165, 1.54) is 6.07 Å². The van der Waals surface area contributed by atoms with Crippen LogP contribution in [0.25, 0.3) is 16.6 Å². The molecule has 7 nitrogen and oxygen atoms in total. The van der Waals surface area contributed by atoms with Gasteiger partial charge in [-0.2, -0.15) is 5.10 Å². The molecule has 1 aliphatic rings. The van der Waals surface area contributed by atoms with E-state index in [1.807, 2.05) is 48.2 Å². The molecule has 0 radical (unpaired) electrons. The third-order valence-corrected chi connectivity index (χ3v) is 6.09. The van der Waals surface area contributed by atoms with E-state index in [9.17, 15) is 4.79 Å². The molecule has 35 heavy (non-hydrogen) atoms. The van der Waals surface area contributed by atoms with Crippen molar-refractivity contribution >= 4 is 17.2 Å². The van der Waals surface area contributed by atoms with E-state index in [0.29, 0.717) is 37.5 Å². The summed E-state index contributed by atoms with van der Waals surface area (Å²) >= 11 is 0. The summed E-state index contributed by atoms with van der Waals surface area (Å²) in [5.41, 5.74) is 4.09. The number of carbonyl (C=O) groups excluding carboxylic acids is 1. The number of nitrogens with zero attached hydrogens (tertiary/aromatic N) is 5. The van der Waals surface area contributed by atoms with Crippen molar-refractivity contribution in [2.24, 2.45) is 0 Å². The smallest absolute Gasteiger partial charge is 0.298 e. The number of halogens is 1. The van der Waals surface area contributed by atoms with Gasteiger partial charge in [0.25, 0.3) is 5.91 Å². The monoisotopic (exact) mass is 469 g/mol. The highest BCUT2D eigenvalue weighted by Gasteiger charge is 2.23. The van der Waals surface area contributed by atoms with Crippen LogP contribution in [0.2, 0.25) is 0 Å². The lowest BCUT2D eigenvalue weighted by Crippen LogP contribution is -2.49. The van der Waals surface area contributed by atoms with Gasteiger partial charge in [-0.1, -0.05) is 24.1 Å². The number of ether oxygens (including phenoxy) is 1. The van der Waals surface area contributed by atoms with Crippen molar-refractivity contribution < 1.29 is 13.9 Å². The van der Waals surface area contributed by atoms with Crippen molar-refractivity contribution in [2.75, 3.05) is 38.2 Å². The molecule has 5 rings (SSSR count). The first-order chi connectivity index (χ1) is 17.0. The highest BCUT2D eigenvalue weighted by Crippen LogP contribution is 2.32. The molecule has 1 aliphatic heterocycles. The molecule has 0 N–H and O–H groups in total. The molecule has 1 aromatic carbocycles. The first kappa shape index (κ1) is 22.4. The minimum absolute atomic E-state index is 0.226. The van der Waals surface area contributed by atoms with E-state index < -0.39 is 5.82 Å². The average Bonchev–Trinajstić information content (AvgIpc) is 3.28. The van der Waals surface area contributed by atoms with Crippen molar-refractivity contribution in [1.29, 1.82) is 0 Å². The maximum atomic E-state index is 15.2. The topological polar surface area (TPSA) is 63.0 Å². The number of hydrogen-bond acceptors (Lipinski definition) is 5. The van der Waals surface area contributed by atoms with Crippen molar-refractivity contribution in [3.8, 4) is 28.7 Å². The second kappa shape index (κ2) is 9.47. The molecular formula is C27H24FN5O2. The van der Waals surface area contributed by atoms with Crippen LogP contribution in [0.5, 0.6) is 5.75 Å². The Morgan fingerprint density at radius 3 is 2.57 bits per heavy atom. The Balaban J connectivity index is 1.32. The summed E-state index contributed by atoms with van der Waals surface area (Å²) in [5, 5.41) is 4.35. The predicted molar refractivity (Wildman–Crippen MR) is 132 cm³/mol. The van der Waals surface area contributed by atoms with Gasteiger partial charge in [0.1, 0.15) is 5.75 Å². The molecule has 3 aromatic heterocycles. The molecule has 0 aliphatic carbocycles. The number of carbonyl (C=O) groups is 1. The molecule has 0 atom stereocenters. The summed E-state index contributed by atoms with van der Waals surface area (Å²) < 4.78 is 22.4. The summed E-state index contributed by atoms with van der Waals surface area (Å²) in [5.74, 6) is 5.85. The third-order valence-electron chi connectivity index (χ3n) is 6.09. The maximum absolute atomic E-state index is 15.2. The van der Waals surface area contributed by atoms with Crippen molar-refractivity contribution in [2.45, 2.75) is 6.92 Å². The normalized spacial score (nSPS) is 13.5. The Morgan fingerprint density at radius 1 is 1.09 bits per heavy atom. The van der Waals surface area contributed by atoms with E-state index in [4.69, 9.17) is 4.74 Å². The van der Waals surface area contributed by atoms with Crippen LogP contribution in [0.1, 0.15) is 11.1 Å². The molecule has 0 saturated carbocycles. The quantitative estimate of drug-likeness (QED) is 0.430. The molecule has 1 fully saturated rings. The van der Waals surface area contributed by atoms with Crippen LogP contribution < -0.4 is 9.64 Å². The number of fused-ring (bicyclic) bond motifs is 1. The number of benzene rings is 1. The number of anilines is 1. The van der Waals surface area contributed by atoms with Crippen LogP contribution in [0.4, 0.5) is 10.2 Å². The van der Waals surface area contributed by atoms with Crippen LogP contribution in [0.15, 0.2) is 61.1 Å². The number of rotatable bonds is 3. The largest absolute Gasteiger partial charge is 0.495 e. The first-order valence-electron chi connectivity index (χ1n) is 11.3. The lowest BCUT2D eigenvalue weighted by molar-refractivity contribution is -0.125. The number of aryl methyl sites for hydroxylation is 1. The van der Waals surface area contributed by atoms with Gasteiger partial charge < -0.3 is 14.5 Å². The molecule has 0 spiro atoms. The van der Waals surface area contributed by atoms with Crippen molar-refractivity contribution in [3.63, 3.8) is 0 Å². The predicted octanol–water partition coefficient (Wildman–Crippen LogP) is 3.55. The number of amides is 1. The summed E-state index contributed by atoms with van der Waals surface area (Å²) in [6.07, 6.45) is 5.22. The SMILES string of the molecule is COc1cc(-c2cnc(N3CCN(C(=O)C#Cc4ccccc4)CC3)c(F)c2)c2c(C)cnn2c1. The van der Waals surface area contributed by atoms with Gasteiger partial charge in [0.05, 0.1) is 25.0 Å². The number of aromatic nitrogens is 3. The zero-order chi connectivity index (χ0) is 24.4. The van der Waals surface area contributed by atoms with Gasteiger partial charge in [-0.3, -0.25) is 4.79 Å². The maximum Gasteiger partial charge on any atom is 0.298 e. The zero-order valence-electron chi connectivity index (χ0n) is 19.5. The van der Waals surface area contributed by atoms with Crippen LogP contribution in [0.3, 0.4) is 0 Å². The van der Waals surface area contributed by atoms with Crippen LogP contribution in [0, 0.1) is 24.6 Å². The molecule has 176 valence electrons. The van der Waals surface area contributed by atoms with Crippen LogP contribution >= 0.6 is 0 Å². The highest BCUT2D eigenvalue weighted by atomic mass is 19.1. The Hall–Kier alpha value is -4.38. The van der Waals surface area contributed by atoms with E-state index in [2.05, 4.69) is 21.9 Å². The second-order valence-corrected chi connectivity index (χ2v) is 8.34.